The molecule has 0 radical (unpaired) electrons. The molecule has 14 heteroatoms. The van der Waals surface area contributed by atoms with E-state index in [2.05, 4.69) is 25.9 Å². The number of rotatable bonds is 9. The number of hydrogen-bond acceptors (Lipinski definition) is 9. The third-order valence-electron chi connectivity index (χ3n) is 5.33. The van der Waals surface area contributed by atoms with Gasteiger partial charge in [-0.2, -0.15) is 18.3 Å². The van der Waals surface area contributed by atoms with Crippen molar-refractivity contribution in [1.82, 2.24) is 25.3 Å². The van der Waals surface area contributed by atoms with Crippen molar-refractivity contribution < 1.29 is 31.9 Å². The summed E-state index contributed by atoms with van der Waals surface area (Å²) in [4.78, 5) is 11.8. The minimum absolute atomic E-state index is 0.0905. The van der Waals surface area contributed by atoms with Crippen LogP contribution in [0.5, 0.6) is 11.5 Å². The summed E-state index contributed by atoms with van der Waals surface area (Å²) in [6.07, 6.45) is -4.72. The van der Waals surface area contributed by atoms with Crippen LogP contribution in [0.2, 0.25) is 0 Å². The minimum atomic E-state index is -4.72. The van der Waals surface area contributed by atoms with Gasteiger partial charge in [0.2, 0.25) is 5.91 Å². The van der Waals surface area contributed by atoms with E-state index < -0.39 is 17.9 Å². The predicted octanol–water partition coefficient (Wildman–Crippen LogP) is 3.67. The molecule has 0 fully saturated rings. The average Bonchev–Trinajstić information content (AvgIpc) is 3.54. The number of halogens is 3. The van der Waals surface area contributed by atoms with Crippen molar-refractivity contribution >= 4 is 17.6 Å². The highest BCUT2D eigenvalue weighted by atomic mass is 19.4. The first-order valence-corrected chi connectivity index (χ1v) is 11.2. The minimum Gasteiger partial charge on any atom is -0.497 e. The van der Waals surface area contributed by atoms with Crippen molar-refractivity contribution in [3.8, 4) is 28.8 Å². The molecule has 2 aromatic carbocycles. The van der Waals surface area contributed by atoms with Gasteiger partial charge in [0.25, 0.3) is 5.89 Å². The first-order valence-electron chi connectivity index (χ1n) is 11.2. The molecule has 2 heterocycles. The Bertz CT molecular complexity index is 1430. The first-order chi connectivity index (χ1) is 18.1. The van der Waals surface area contributed by atoms with Gasteiger partial charge in [0, 0.05) is 18.7 Å². The number of methoxy groups -OCH3 is 2. The number of carbonyl (C=O) groups is 1. The van der Waals surface area contributed by atoms with E-state index >= 15 is 0 Å². The topological polar surface area (TPSA) is 142 Å². The first kappa shape index (κ1) is 26.5. The van der Waals surface area contributed by atoms with Crippen molar-refractivity contribution in [2.75, 3.05) is 19.5 Å². The molecule has 0 unspecified atom stereocenters. The molecular formula is C24H24F3N7O4. The van der Waals surface area contributed by atoms with Crippen LogP contribution < -0.4 is 25.8 Å². The lowest BCUT2D eigenvalue weighted by molar-refractivity contribution is -0.141. The van der Waals surface area contributed by atoms with Gasteiger partial charge in [0.1, 0.15) is 17.2 Å². The van der Waals surface area contributed by atoms with Crippen molar-refractivity contribution in [2.45, 2.75) is 25.7 Å². The Hall–Kier alpha value is -4.59. The zero-order valence-electron chi connectivity index (χ0n) is 20.5. The number of hydrogen-bond donors (Lipinski definition) is 3. The highest BCUT2D eigenvalue weighted by Gasteiger charge is 2.36. The number of alkyl halides is 3. The van der Waals surface area contributed by atoms with E-state index in [1.54, 1.807) is 49.4 Å². The SMILES string of the molecule is COc1ccc(OC)c(Nc2nnc(-c3cc(C(F)(F)F)nn3-c3cccc(CNC(=O)[C@H](C)N)c3)o2)c1. The van der Waals surface area contributed by atoms with Gasteiger partial charge in [-0.3, -0.25) is 4.79 Å². The van der Waals surface area contributed by atoms with E-state index in [0.717, 1.165) is 10.7 Å². The van der Waals surface area contributed by atoms with Crippen molar-refractivity contribution in [1.29, 1.82) is 0 Å². The Balaban J connectivity index is 1.68. The fourth-order valence-electron chi connectivity index (χ4n) is 3.42. The van der Waals surface area contributed by atoms with Gasteiger partial charge < -0.3 is 30.3 Å². The van der Waals surface area contributed by atoms with E-state index in [-0.39, 0.29) is 35.7 Å². The summed E-state index contributed by atoms with van der Waals surface area (Å²) < 4.78 is 58.0. The Kier molecular flexibility index (Phi) is 7.52. The summed E-state index contributed by atoms with van der Waals surface area (Å²) in [5.41, 5.74) is 5.65. The monoisotopic (exact) mass is 531 g/mol. The number of nitrogens with two attached hydrogens (primary N) is 1. The Labute approximate surface area is 214 Å². The van der Waals surface area contributed by atoms with Gasteiger partial charge in [-0.05, 0) is 36.8 Å². The lowest BCUT2D eigenvalue weighted by atomic mass is 10.2. The zero-order valence-corrected chi connectivity index (χ0v) is 20.5. The van der Waals surface area contributed by atoms with E-state index in [1.165, 1.54) is 14.2 Å². The molecule has 0 saturated heterocycles. The predicted molar refractivity (Wildman–Crippen MR) is 130 cm³/mol. The molecular weight excluding hydrogens is 507 g/mol. The van der Waals surface area contributed by atoms with Crippen molar-refractivity contribution in [3.05, 3.63) is 59.8 Å². The largest absolute Gasteiger partial charge is 0.497 e. The van der Waals surface area contributed by atoms with E-state index in [4.69, 9.17) is 19.6 Å². The second-order valence-electron chi connectivity index (χ2n) is 8.10. The molecule has 0 aliphatic carbocycles. The third kappa shape index (κ3) is 5.86. The number of carbonyl (C=O) groups excluding carboxylic acids is 1. The summed E-state index contributed by atoms with van der Waals surface area (Å²) >= 11 is 0. The average molecular weight is 531 g/mol. The fraction of sp³-hybridized carbons (Fsp3) is 0.250. The highest BCUT2D eigenvalue weighted by Crippen LogP contribution is 2.35. The molecule has 200 valence electrons. The standard InChI is InChI=1S/C24H24F3N7O4/c1-13(28)21(35)29-12-14-5-4-6-15(9-14)34-18(11-20(33-34)24(25,26)27)22-31-32-23(38-22)30-17-10-16(36-2)7-8-19(17)37-3/h4-11,13H,12,28H2,1-3H3,(H,29,35)(H,30,32)/t13-/m0/s1. The van der Waals surface area contributed by atoms with Crippen LogP contribution in [0.3, 0.4) is 0 Å². The smallest absolute Gasteiger partial charge is 0.435 e. The van der Waals surface area contributed by atoms with Crippen LogP contribution in [0.25, 0.3) is 17.3 Å². The van der Waals surface area contributed by atoms with Crippen LogP contribution in [-0.2, 0) is 17.5 Å². The molecule has 38 heavy (non-hydrogen) atoms. The summed E-state index contributed by atoms with van der Waals surface area (Å²) in [7, 11) is 2.97. The van der Waals surface area contributed by atoms with E-state index in [0.29, 0.717) is 22.7 Å². The highest BCUT2D eigenvalue weighted by molar-refractivity contribution is 5.80. The van der Waals surface area contributed by atoms with Gasteiger partial charge in [0.15, 0.2) is 5.69 Å². The van der Waals surface area contributed by atoms with Crippen LogP contribution in [0, 0.1) is 0 Å². The van der Waals surface area contributed by atoms with Crippen LogP contribution in [0.15, 0.2) is 52.9 Å². The number of anilines is 2. The van der Waals surface area contributed by atoms with Crippen molar-refractivity contribution in [3.63, 3.8) is 0 Å². The molecule has 1 amide bonds. The molecule has 0 saturated carbocycles. The second-order valence-corrected chi connectivity index (χ2v) is 8.10. The number of benzene rings is 2. The van der Waals surface area contributed by atoms with Gasteiger partial charge in [0.05, 0.1) is 31.6 Å². The Morgan fingerprint density at radius 3 is 2.61 bits per heavy atom. The number of nitrogens with one attached hydrogen (secondary N) is 2. The summed E-state index contributed by atoms with van der Waals surface area (Å²) in [6, 6.07) is 11.5. The number of ether oxygens (including phenoxy) is 2. The lowest BCUT2D eigenvalue weighted by Crippen LogP contribution is -2.37. The van der Waals surface area contributed by atoms with Gasteiger partial charge in [-0.25, -0.2) is 4.68 Å². The van der Waals surface area contributed by atoms with Gasteiger partial charge in [-0.1, -0.05) is 17.2 Å². The molecule has 11 nitrogen and oxygen atoms in total. The number of amides is 1. The second kappa shape index (κ2) is 10.8. The van der Waals surface area contributed by atoms with Gasteiger partial charge >= 0.3 is 12.2 Å². The van der Waals surface area contributed by atoms with E-state index in [1.807, 2.05) is 0 Å². The molecule has 4 rings (SSSR count). The molecule has 4 N–H and O–H groups in total. The summed E-state index contributed by atoms with van der Waals surface area (Å²) in [5, 5.41) is 17.1. The zero-order chi connectivity index (χ0) is 27.4. The van der Waals surface area contributed by atoms with Crippen LogP contribution in [-0.4, -0.2) is 46.1 Å². The van der Waals surface area contributed by atoms with Gasteiger partial charge in [-0.15, -0.1) is 5.10 Å². The van der Waals surface area contributed by atoms with E-state index in [9.17, 15) is 18.0 Å². The maximum absolute atomic E-state index is 13.6. The van der Waals surface area contributed by atoms with Crippen LogP contribution >= 0.6 is 0 Å². The summed E-state index contributed by atoms with van der Waals surface area (Å²) in [5.74, 6) is 0.391. The lowest BCUT2D eigenvalue weighted by Gasteiger charge is -2.10. The molecule has 0 aliphatic rings. The molecule has 4 aromatic rings. The molecule has 0 spiro atoms. The molecule has 0 aliphatic heterocycles. The normalized spacial score (nSPS) is 12.2. The fourth-order valence-corrected chi connectivity index (χ4v) is 3.42. The number of nitrogens with zero attached hydrogens (tertiary/aromatic N) is 4. The maximum atomic E-state index is 13.6. The Morgan fingerprint density at radius 1 is 1.13 bits per heavy atom. The number of aromatic nitrogens is 4. The molecule has 0 bridgehead atoms. The quantitative estimate of drug-likeness (QED) is 0.295. The van der Waals surface area contributed by atoms with Crippen LogP contribution in [0.1, 0.15) is 18.2 Å². The Morgan fingerprint density at radius 2 is 1.92 bits per heavy atom. The summed E-state index contributed by atoms with van der Waals surface area (Å²) in [6.45, 7) is 1.66. The molecule has 2 aromatic heterocycles. The third-order valence-corrected chi connectivity index (χ3v) is 5.33. The molecule has 1 atom stereocenters. The maximum Gasteiger partial charge on any atom is 0.435 e. The van der Waals surface area contributed by atoms with Crippen LogP contribution in [0.4, 0.5) is 24.9 Å². The van der Waals surface area contributed by atoms with Crippen molar-refractivity contribution in [2.24, 2.45) is 5.73 Å².